The van der Waals surface area contributed by atoms with E-state index in [1.54, 1.807) is 7.11 Å². The summed E-state index contributed by atoms with van der Waals surface area (Å²) in [6, 6.07) is 9.90. The van der Waals surface area contributed by atoms with Gasteiger partial charge >= 0.3 is 0 Å². The molecule has 0 bridgehead atoms. The third kappa shape index (κ3) is 4.69. The summed E-state index contributed by atoms with van der Waals surface area (Å²) < 4.78 is 11.2. The Hall–Kier alpha value is -3.63. The van der Waals surface area contributed by atoms with Gasteiger partial charge in [0, 0.05) is 24.3 Å². The monoisotopic (exact) mass is 559 g/mol. The quantitative estimate of drug-likeness (QED) is 0.251. The van der Waals surface area contributed by atoms with Gasteiger partial charge in [-0.25, -0.2) is 4.98 Å². The van der Waals surface area contributed by atoms with Crippen molar-refractivity contribution in [3.05, 3.63) is 70.9 Å². The van der Waals surface area contributed by atoms with Gasteiger partial charge in [-0.05, 0) is 73.4 Å². The molecule has 2 heterocycles. The molecule has 2 aliphatic carbocycles. The van der Waals surface area contributed by atoms with Crippen LogP contribution in [0.5, 0.6) is 5.75 Å². The molecule has 1 aromatic heterocycles. The lowest BCUT2D eigenvalue weighted by Gasteiger charge is -2.20. The molecule has 2 aromatic carbocycles. The number of benzene rings is 2. The number of aryl methyl sites for hydroxylation is 1. The van der Waals surface area contributed by atoms with Gasteiger partial charge < -0.3 is 19.3 Å². The number of hydrazine groups is 2. The summed E-state index contributed by atoms with van der Waals surface area (Å²) in [7, 11) is 3.70. The Morgan fingerprint density at radius 3 is 2.50 bits per heavy atom. The highest BCUT2D eigenvalue weighted by molar-refractivity contribution is 7.99. The van der Waals surface area contributed by atoms with Gasteiger partial charge in [0.15, 0.2) is 5.75 Å². The van der Waals surface area contributed by atoms with E-state index in [9.17, 15) is 4.79 Å². The summed E-state index contributed by atoms with van der Waals surface area (Å²) >= 11 is 1.50. The van der Waals surface area contributed by atoms with E-state index in [1.807, 2.05) is 48.8 Å². The van der Waals surface area contributed by atoms with Gasteiger partial charge in [-0.1, -0.05) is 31.9 Å². The molecule has 2 saturated carbocycles. The summed E-state index contributed by atoms with van der Waals surface area (Å²) in [6.45, 7) is 6.55. The maximum atomic E-state index is 13.6. The topological polar surface area (TPSA) is 95.5 Å². The molecule has 6 rings (SSSR count). The first-order valence-corrected chi connectivity index (χ1v) is 14.9. The Labute approximate surface area is 239 Å². The normalized spacial score (nSPS) is 18.1. The maximum Gasteiger partial charge on any atom is 0.255 e. The number of methoxy groups -OCH3 is 1. The summed E-state index contributed by atoms with van der Waals surface area (Å²) in [4.78, 5) is 18.3. The number of carbonyl (C=O) groups is 1. The van der Waals surface area contributed by atoms with Crippen LogP contribution in [0.25, 0.3) is 5.70 Å². The highest BCUT2D eigenvalue weighted by Crippen LogP contribution is 2.51. The first-order chi connectivity index (χ1) is 19.2. The van der Waals surface area contributed by atoms with E-state index in [4.69, 9.17) is 9.72 Å². The van der Waals surface area contributed by atoms with Crippen molar-refractivity contribution in [2.45, 2.75) is 57.3 Å². The number of nitrogens with zero attached hydrogens (tertiary/aromatic N) is 3. The molecule has 9 nitrogen and oxygen atoms in total. The minimum Gasteiger partial charge on any atom is -0.492 e. The van der Waals surface area contributed by atoms with Crippen LogP contribution < -0.4 is 30.7 Å². The molecule has 0 saturated heterocycles. The van der Waals surface area contributed by atoms with Crippen LogP contribution in [0.3, 0.4) is 0 Å². The molecule has 3 aromatic rings. The predicted octanol–water partition coefficient (Wildman–Crippen LogP) is 5.61. The van der Waals surface area contributed by atoms with Crippen molar-refractivity contribution in [2.75, 3.05) is 28.4 Å². The molecule has 40 heavy (non-hydrogen) atoms. The van der Waals surface area contributed by atoms with E-state index in [-0.39, 0.29) is 16.7 Å². The van der Waals surface area contributed by atoms with Crippen molar-refractivity contribution in [1.29, 1.82) is 0 Å². The summed E-state index contributed by atoms with van der Waals surface area (Å²) in [6.07, 6.45) is 10.5. The second-order valence-electron chi connectivity index (χ2n) is 11.7. The number of amides is 1. The van der Waals surface area contributed by atoms with Gasteiger partial charge in [0.1, 0.15) is 5.82 Å². The van der Waals surface area contributed by atoms with E-state index < -0.39 is 0 Å². The third-order valence-electron chi connectivity index (χ3n) is 8.55. The molecule has 4 N–H and O–H groups in total. The third-order valence-corrected chi connectivity index (χ3v) is 8.98. The molecular formula is C30H37N7O2S. The zero-order chi connectivity index (χ0) is 28.2. The van der Waals surface area contributed by atoms with Crippen LogP contribution in [0.4, 0.5) is 17.1 Å². The van der Waals surface area contributed by atoms with Gasteiger partial charge in [-0.2, -0.15) is 0 Å². The van der Waals surface area contributed by atoms with Crippen molar-refractivity contribution in [3.8, 4) is 5.75 Å². The van der Waals surface area contributed by atoms with Crippen LogP contribution in [0.2, 0.25) is 0 Å². The molecule has 10 heteroatoms. The van der Waals surface area contributed by atoms with Crippen LogP contribution in [-0.4, -0.2) is 28.8 Å². The zero-order valence-corrected chi connectivity index (χ0v) is 24.8. The number of hydrogen-bond donors (Lipinski definition) is 4. The molecule has 0 spiro atoms. The molecular weight excluding hydrogens is 522 g/mol. The minimum atomic E-state index is -0.196. The maximum absolute atomic E-state index is 13.6. The lowest BCUT2D eigenvalue weighted by Crippen LogP contribution is -2.36. The van der Waals surface area contributed by atoms with Gasteiger partial charge in [0.25, 0.3) is 5.91 Å². The zero-order valence-electron chi connectivity index (χ0n) is 23.9. The van der Waals surface area contributed by atoms with Gasteiger partial charge in [-0.3, -0.25) is 15.2 Å². The number of carbonyl (C=O) groups excluding carboxylic acids is 1. The first-order valence-electron chi connectivity index (χ1n) is 13.6. The molecule has 210 valence electrons. The van der Waals surface area contributed by atoms with Crippen LogP contribution in [0.15, 0.2) is 42.7 Å². The Balaban J connectivity index is 1.27. The largest absolute Gasteiger partial charge is 0.492 e. The average Bonchev–Trinajstić information content (AvgIpc) is 3.75. The second-order valence-corrected chi connectivity index (χ2v) is 12.3. The second kappa shape index (κ2) is 9.78. The molecule has 0 atom stereocenters. The number of nitrogens with one attached hydrogen (secondary N) is 4. The van der Waals surface area contributed by atoms with Gasteiger partial charge in [0.05, 0.1) is 48.0 Å². The van der Waals surface area contributed by atoms with E-state index in [1.165, 1.54) is 30.4 Å². The van der Waals surface area contributed by atoms with Crippen molar-refractivity contribution in [1.82, 2.24) is 20.5 Å². The van der Waals surface area contributed by atoms with E-state index in [0.29, 0.717) is 17.0 Å². The fourth-order valence-electron chi connectivity index (χ4n) is 5.36. The van der Waals surface area contributed by atoms with Gasteiger partial charge in [-0.15, -0.1) is 5.53 Å². The fraction of sp³-hybridized carbons (Fsp3) is 0.400. The summed E-state index contributed by atoms with van der Waals surface area (Å²) in [5, 5.41) is 5.03. The number of ether oxygens (including phenoxy) is 1. The summed E-state index contributed by atoms with van der Waals surface area (Å²) in [5.74, 6) is 1.54. The Bertz CT molecular complexity index is 1520. The molecule has 0 unspecified atom stereocenters. The number of anilines is 3. The van der Waals surface area contributed by atoms with Gasteiger partial charge in [0.2, 0.25) is 0 Å². The van der Waals surface area contributed by atoms with Crippen LogP contribution in [0.1, 0.15) is 72.5 Å². The van der Waals surface area contributed by atoms with E-state index >= 15 is 0 Å². The Morgan fingerprint density at radius 1 is 1.10 bits per heavy atom. The molecule has 1 aliphatic heterocycles. The highest BCUT2D eigenvalue weighted by atomic mass is 32.2. The predicted molar refractivity (Wildman–Crippen MR) is 162 cm³/mol. The standard InChI is InChI=1S/C30H37N7O2S/c1-18-7-8-19(27(38)32-21-14-20(29(2)9-10-29)15-22(34-40-6)26(21)39-5)13-24(18)37-17-23(33-35-37)25-16-31-28(36(25)4)30(3)11-12-30/h7-8,13-17,33-35H,9-12H2,1-6H3,(H,32,38). The van der Waals surface area contributed by atoms with Crippen molar-refractivity contribution < 1.29 is 9.53 Å². The Kier molecular flexibility index (Phi) is 6.50. The van der Waals surface area contributed by atoms with Crippen molar-refractivity contribution >= 4 is 40.6 Å². The molecule has 0 radical (unpaired) electrons. The summed E-state index contributed by atoms with van der Waals surface area (Å²) in [5.41, 5.74) is 13.9. The number of aromatic nitrogens is 2. The number of hydrogen-bond acceptors (Lipinski definition) is 8. The van der Waals surface area contributed by atoms with Crippen molar-refractivity contribution in [2.24, 2.45) is 7.05 Å². The van der Waals surface area contributed by atoms with Crippen molar-refractivity contribution in [3.63, 3.8) is 0 Å². The average molecular weight is 560 g/mol. The lowest BCUT2D eigenvalue weighted by atomic mass is 9.96. The van der Waals surface area contributed by atoms with Crippen LogP contribution in [-0.2, 0) is 17.9 Å². The minimum absolute atomic E-state index is 0.140. The Morgan fingerprint density at radius 2 is 1.82 bits per heavy atom. The smallest absolute Gasteiger partial charge is 0.255 e. The van der Waals surface area contributed by atoms with Crippen LogP contribution in [0, 0.1) is 6.92 Å². The first kappa shape index (κ1) is 26.6. The molecule has 3 aliphatic rings. The SMILES string of the molecule is COc1c(NSC)cc(C2(C)CC2)cc1NC(=O)c1ccc(C)c(N2C=C(c3cnc(C4(C)CC4)n3C)NN2)c1. The lowest BCUT2D eigenvalue weighted by molar-refractivity contribution is 0.102. The number of imidazole rings is 1. The molecule has 2 fully saturated rings. The van der Waals surface area contributed by atoms with E-state index in [0.717, 1.165) is 47.0 Å². The highest BCUT2D eigenvalue weighted by Gasteiger charge is 2.43. The number of rotatable bonds is 9. The fourth-order valence-corrected chi connectivity index (χ4v) is 5.73. The van der Waals surface area contributed by atoms with E-state index in [2.05, 4.69) is 58.6 Å². The van der Waals surface area contributed by atoms with Crippen LogP contribution >= 0.6 is 11.9 Å². The molecule has 1 amide bonds.